The summed E-state index contributed by atoms with van der Waals surface area (Å²) in [5.41, 5.74) is -0.364. The summed E-state index contributed by atoms with van der Waals surface area (Å²) in [7, 11) is 0. The number of rotatable bonds is 5. The predicted molar refractivity (Wildman–Crippen MR) is 112 cm³/mol. The zero-order chi connectivity index (χ0) is 21.3. The summed E-state index contributed by atoms with van der Waals surface area (Å²) in [5, 5.41) is 10.5. The van der Waals surface area contributed by atoms with Gasteiger partial charge in [-0.25, -0.2) is 0 Å². The van der Waals surface area contributed by atoms with Crippen LogP contribution in [-0.4, -0.2) is 21.4 Å². The van der Waals surface area contributed by atoms with Crippen LogP contribution in [-0.2, 0) is 6.18 Å². The largest absolute Gasteiger partial charge is 0.421 e. The molecule has 1 aromatic carbocycles. The third kappa shape index (κ3) is 5.19. The standard InChI is InChI=1S/C23H24F3NO2S/c24-23(25,26)20-11-12-21(27-22(20)29)19(13-14-1-5-16(28)6-2-14)15-3-7-17(8-4-15)30-18-9-10-18/h3-4,7-8,11-14,16,18,28H,1-2,5-6,9-10H2,(H,27,29)/b19-13-. The van der Waals surface area contributed by atoms with E-state index in [0.717, 1.165) is 30.0 Å². The van der Waals surface area contributed by atoms with Crippen LogP contribution in [0.5, 0.6) is 0 Å². The van der Waals surface area contributed by atoms with Crippen LogP contribution in [0.2, 0.25) is 0 Å². The van der Waals surface area contributed by atoms with E-state index >= 15 is 0 Å². The van der Waals surface area contributed by atoms with Gasteiger partial charge < -0.3 is 10.1 Å². The van der Waals surface area contributed by atoms with E-state index in [1.807, 2.05) is 42.1 Å². The van der Waals surface area contributed by atoms with Crippen molar-refractivity contribution in [1.29, 1.82) is 0 Å². The van der Waals surface area contributed by atoms with Gasteiger partial charge in [0.15, 0.2) is 0 Å². The van der Waals surface area contributed by atoms with Gasteiger partial charge in [-0.2, -0.15) is 13.2 Å². The number of nitrogens with one attached hydrogen (secondary N) is 1. The number of hydrogen-bond acceptors (Lipinski definition) is 3. The number of aliphatic hydroxyl groups is 1. The highest BCUT2D eigenvalue weighted by atomic mass is 32.2. The molecule has 160 valence electrons. The van der Waals surface area contributed by atoms with Gasteiger partial charge in [0.05, 0.1) is 6.10 Å². The zero-order valence-corrected chi connectivity index (χ0v) is 17.2. The van der Waals surface area contributed by atoms with Crippen molar-refractivity contribution >= 4 is 17.3 Å². The van der Waals surface area contributed by atoms with E-state index in [1.165, 1.54) is 23.8 Å². The number of aromatic amines is 1. The Bertz CT molecular complexity index is 969. The molecule has 0 unspecified atom stereocenters. The maximum absolute atomic E-state index is 13.0. The van der Waals surface area contributed by atoms with Gasteiger partial charge in [0, 0.05) is 21.4 Å². The Hall–Kier alpha value is -1.99. The van der Waals surface area contributed by atoms with Crippen molar-refractivity contribution in [3.8, 4) is 0 Å². The van der Waals surface area contributed by atoms with Crippen LogP contribution in [0.3, 0.4) is 0 Å². The molecule has 0 aliphatic heterocycles. The summed E-state index contributed by atoms with van der Waals surface area (Å²) in [6.45, 7) is 0. The van der Waals surface area contributed by atoms with Gasteiger partial charge in [-0.15, -0.1) is 11.8 Å². The van der Waals surface area contributed by atoms with Gasteiger partial charge in [-0.1, -0.05) is 18.2 Å². The number of aromatic nitrogens is 1. The first-order valence-corrected chi connectivity index (χ1v) is 11.2. The van der Waals surface area contributed by atoms with Crippen LogP contribution in [0.15, 0.2) is 52.2 Å². The Labute approximate surface area is 177 Å². The van der Waals surface area contributed by atoms with E-state index < -0.39 is 17.3 Å². The normalized spacial score (nSPS) is 22.9. The van der Waals surface area contributed by atoms with Crippen molar-refractivity contribution in [2.24, 2.45) is 5.92 Å². The number of aliphatic hydroxyl groups excluding tert-OH is 1. The third-order valence-electron chi connectivity index (χ3n) is 5.64. The maximum atomic E-state index is 13.0. The monoisotopic (exact) mass is 435 g/mol. The number of alkyl halides is 3. The number of hydrogen-bond donors (Lipinski definition) is 2. The molecule has 2 saturated carbocycles. The molecule has 0 atom stereocenters. The topological polar surface area (TPSA) is 53.1 Å². The minimum Gasteiger partial charge on any atom is -0.393 e. The van der Waals surface area contributed by atoms with E-state index in [2.05, 4.69) is 4.98 Å². The number of allylic oxidation sites excluding steroid dienone is 1. The molecule has 1 aromatic heterocycles. The lowest BCUT2D eigenvalue weighted by atomic mass is 9.85. The molecule has 2 aromatic rings. The van der Waals surface area contributed by atoms with Crippen molar-refractivity contribution in [1.82, 2.24) is 4.98 Å². The summed E-state index contributed by atoms with van der Waals surface area (Å²) in [5.74, 6) is 0.203. The molecule has 30 heavy (non-hydrogen) atoms. The van der Waals surface area contributed by atoms with Crippen LogP contribution < -0.4 is 5.56 Å². The van der Waals surface area contributed by atoms with Gasteiger partial charge in [0.1, 0.15) is 5.56 Å². The number of halogens is 3. The molecule has 0 amide bonds. The average molecular weight is 436 g/mol. The fourth-order valence-corrected chi connectivity index (χ4v) is 4.84. The SMILES string of the molecule is O=c1[nH]c(/C(=C\C2CCC(O)CC2)c2ccc(SC3CC3)cc2)ccc1C(F)(F)F. The zero-order valence-electron chi connectivity index (χ0n) is 16.4. The molecular weight excluding hydrogens is 411 g/mol. The van der Waals surface area contributed by atoms with Gasteiger partial charge in [0.25, 0.3) is 5.56 Å². The Balaban J connectivity index is 1.68. The molecule has 2 N–H and O–H groups in total. The molecule has 7 heteroatoms. The van der Waals surface area contributed by atoms with Crippen molar-refractivity contribution < 1.29 is 18.3 Å². The molecule has 2 aliphatic rings. The summed E-state index contributed by atoms with van der Waals surface area (Å²) >= 11 is 1.84. The number of thioether (sulfide) groups is 1. The molecule has 1 heterocycles. The highest BCUT2D eigenvalue weighted by Crippen LogP contribution is 2.40. The van der Waals surface area contributed by atoms with Gasteiger partial charge in [0.2, 0.25) is 0 Å². The Kier molecular flexibility index (Phi) is 6.11. The van der Waals surface area contributed by atoms with Crippen molar-refractivity contribution in [3.63, 3.8) is 0 Å². The van der Waals surface area contributed by atoms with Gasteiger partial charge in [-0.3, -0.25) is 4.79 Å². The van der Waals surface area contributed by atoms with E-state index in [-0.39, 0.29) is 12.0 Å². The molecule has 0 saturated heterocycles. The minimum atomic E-state index is -4.68. The molecular formula is C23H24F3NO2S. The first kappa shape index (κ1) is 21.2. The van der Waals surface area contributed by atoms with Crippen molar-refractivity contribution in [3.05, 3.63) is 69.6 Å². The Morgan fingerprint density at radius 1 is 1.00 bits per heavy atom. The molecule has 3 nitrogen and oxygen atoms in total. The lowest BCUT2D eigenvalue weighted by Crippen LogP contribution is -2.22. The lowest BCUT2D eigenvalue weighted by Gasteiger charge is -2.24. The molecule has 2 aliphatic carbocycles. The fraction of sp³-hybridized carbons (Fsp3) is 0.435. The molecule has 0 spiro atoms. The van der Waals surface area contributed by atoms with Gasteiger partial charge >= 0.3 is 6.18 Å². The van der Waals surface area contributed by atoms with Crippen molar-refractivity contribution in [2.75, 3.05) is 0 Å². The quantitative estimate of drug-likeness (QED) is 0.640. The molecule has 0 radical (unpaired) electrons. The second-order valence-corrected chi connectivity index (χ2v) is 9.48. The van der Waals surface area contributed by atoms with Crippen LogP contribution in [0.25, 0.3) is 5.57 Å². The third-order valence-corrected chi connectivity index (χ3v) is 6.99. The van der Waals surface area contributed by atoms with Crippen LogP contribution in [0.4, 0.5) is 13.2 Å². The predicted octanol–water partition coefficient (Wildman–Crippen LogP) is 5.63. The van der Waals surface area contributed by atoms with E-state index in [4.69, 9.17) is 0 Å². The Morgan fingerprint density at radius 3 is 2.23 bits per heavy atom. The van der Waals surface area contributed by atoms with E-state index in [1.54, 1.807) is 0 Å². The van der Waals surface area contributed by atoms with Gasteiger partial charge in [-0.05, 0) is 74.3 Å². The molecule has 4 rings (SSSR count). The van der Waals surface area contributed by atoms with Crippen LogP contribution in [0, 0.1) is 5.92 Å². The first-order chi connectivity index (χ1) is 14.3. The summed E-state index contributed by atoms with van der Waals surface area (Å²) < 4.78 is 39.0. The second-order valence-electron chi connectivity index (χ2n) is 8.10. The van der Waals surface area contributed by atoms with Crippen LogP contribution in [0.1, 0.15) is 55.3 Å². The molecule has 2 fully saturated rings. The fourth-order valence-electron chi connectivity index (χ4n) is 3.79. The second kappa shape index (κ2) is 8.63. The van der Waals surface area contributed by atoms with Crippen molar-refractivity contribution in [2.45, 2.75) is 61.0 Å². The van der Waals surface area contributed by atoms with E-state index in [0.29, 0.717) is 23.8 Å². The average Bonchev–Trinajstić information content (AvgIpc) is 3.51. The Morgan fingerprint density at radius 2 is 1.67 bits per heavy atom. The number of pyridine rings is 1. The van der Waals surface area contributed by atoms with Crippen LogP contribution >= 0.6 is 11.8 Å². The minimum absolute atomic E-state index is 0.203. The highest BCUT2D eigenvalue weighted by molar-refractivity contribution is 8.00. The summed E-state index contributed by atoms with van der Waals surface area (Å²) in [6, 6.07) is 10.2. The first-order valence-electron chi connectivity index (χ1n) is 10.3. The maximum Gasteiger partial charge on any atom is 0.421 e. The molecule has 0 bridgehead atoms. The van der Waals surface area contributed by atoms with E-state index in [9.17, 15) is 23.1 Å². The lowest BCUT2D eigenvalue weighted by molar-refractivity contribution is -0.138. The highest BCUT2D eigenvalue weighted by Gasteiger charge is 2.34. The number of benzene rings is 1. The smallest absolute Gasteiger partial charge is 0.393 e. The number of H-pyrrole nitrogens is 1. The summed E-state index contributed by atoms with van der Waals surface area (Å²) in [4.78, 5) is 15.7. The summed E-state index contributed by atoms with van der Waals surface area (Å²) in [6.07, 6.45) is 2.56.